The lowest BCUT2D eigenvalue weighted by Crippen LogP contribution is -2.35. The van der Waals surface area contributed by atoms with Crippen molar-refractivity contribution in [2.75, 3.05) is 26.8 Å². The number of ether oxygens (including phenoxy) is 1. The minimum atomic E-state index is -0.420. The molecule has 0 saturated carbocycles. The Balaban J connectivity index is 2.52. The highest BCUT2D eigenvalue weighted by Crippen LogP contribution is 2.09. The standard InChI is InChI=1S/C17H23NO5/c1-13-3-5-14(6-4-13)15(20)7-8-16(21)18(11-12-19)10-9-17(22)23-2/h3-6,19H,7-12H2,1-2H3. The van der Waals surface area contributed by atoms with Crippen LogP contribution in [0.5, 0.6) is 0 Å². The van der Waals surface area contributed by atoms with Crippen LogP contribution >= 0.6 is 0 Å². The molecule has 1 aromatic carbocycles. The van der Waals surface area contributed by atoms with Gasteiger partial charge in [0.25, 0.3) is 0 Å². The lowest BCUT2D eigenvalue weighted by molar-refractivity contribution is -0.141. The maximum Gasteiger partial charge on any atom is 0.307 e. The van der Waals surface area contributed by atoms with Crippen LogP contribution in [0, 0.1) is 6.92 Å². The number of aryl methyl sites for hydroxylation is 1. The van der Waals surface area contributed by atoms with Crippen molar-refractivity contribution < 1.29 is 24.2 Å². The second kappa shape index (κ2) is 9.74. The minimum Gasteiger partial charge on any atom is -0.469 e. The van der Waals surface area contributed by atoms with E-state index in [2.05, 4.69) is 4.74 Å². The number of carbonyl (C=O) groups is 3. The van der Waals surface area contributed by atoms with Crippen LogP contribution in [0.1, 0.15) is 35.2 Å². The molecule has 1 aromatic rings. The van der Waals surface area contributed by atoms with E-state index < -0.39 is 5.97 Å². The number of nitrogens with zero attached hydrogens (tertiary/aromatic N) is 1. The molecule has 0 atom stereocenters. The number of aliphatic hydroxyl groups excluding tert-OH is 1. The van der Waals surface area contributed by atoms with Gasteiger partial charge in [0.05, 0.1) is 20.1 Å². The van der Waals surface area contributed by atoms with Crippen LogP contribution in [0.3, 0.4) is 0 Å². The topological polar surface area (TPSA) is 83.9 Å². The smallest absolute Gasteiger partial charge is 0.307 e. The van der Waals surface area contributed by atoms with Crippen molar-refractivity contribution in [2.45, 2.75) is 26.2 Å². The maximum absolute atomic E-state index is 12.1. The molecule has 0 heterocycles. The molecule has 0 bridgehead atoms. The summed E-state index contributed by atoms with van der Waals surface area (Å²) in [6, 6.07) is 7.18. The Morgan fingerprint density at radius 3 is 2.26 bits per heavy atom. The van der Waals surface area contributed by atoms with E-state index in [1.54, 1.807) is 12.1 Å². The van der Waals surface area contributed by atoms with Crippen molar-refractivity contribution in [3.05, 3.63) is 35.4 Å². The first-order chi connectivity index (χ1) is 11.0. The third-order valence-corrected chi connectivity index (χ3v) is 3.48. The summed E-state index contributed by atoms with van der Waals surface area (Å²) in [6.45, 7) is 2.05. The Morgan fingerprint density at radius 2 is 1.70 bits per heavy atom. The Kier molecular flexibility index (Phi) is 7.97. The van der Waals surface area contributed by atoms with Crippen LogP contribution < -0.4 is 0 Å². The lowest BCUT2D eigenvalue weighted by atomic mass is 10.0. The monoisotopic (exact) mass is 321 g/mol. The number of hydrogen-bond acceptors (Lipinski definition) is 5. The molecule has 1 amide bonds. The van der Waals surface area contributed by atoms with Gasteiger partial charge in [0.1, 0.15) is 0 Å². The van der Waals surface area contributed by atoms with Gasteiger partial charge in [0, 0.05) is 31.5 Å². The molecular weight excluding hydrogens is 298 g/mol. The fourth-order valence-electron chi connectivity index (χ4n) is 2.07. The highest BCUT2D eigenvalue weighted by molar-refractivity contribution is 5.98. The molecule has 0 spiro atoms. The zero-order valence-electron chi connectivity index (χ0n) is 13.6. The van der Waals surface area contributed by atoms with E-state index in [1.807, 2.05) is 19.1 Å². The summed E-state index contributed by atoms with van der Waals surface area (Å²) < 4.78 is 4.53. The third kappa shape index (κ3) is 6.61. The number of amides is 1. The first-order valence-corrected chi connectivity index (χ1v) is 7.53. The molecule has 0 saturated heterocycles. The fraction of sp³-hybridized carbons (Fsp3) is 0.471. The minimum absolute atomic E-state index is 0.0495. The summed E-state index contributed by atoms with van der Waals surface area (Å²) >= 11 is 0. The first-order valence-electron chi connectivity index (χ1n) is 7.53. The van der Waals surface area contributed by atoms with Crippen LogP contribution in [0.4, 0.5) is 0 Å². The van der Waals surface area contributed by atoms with Crippen LogP contribution in [-0.4, -0.2) is 54.5 Å². The summed E-state index contributed by atoms with van der Waals surface area (Å²) in [5.74, 6) is -0.782. The molecule has 126 valence electrons. The van der Waals surface area contributed by atoms with Gasteiger partial charge in [-0.2, -0.15) is 0 Å². The van der Waals surface area contributed by atoms with Crippen molar-refractivity contribution in [3.63, 3.8) is 0 Å². The van der Waals surface area contributed by atoms with Gasteiger partial charge in [-0.25, -0.2) is 0 Å². The zero-order valence-corrected chi connectivity index (χ0v) is 13.6. The molecule has 0 aliphatic rings. The molecule has 0 aliphatic heterocycles. The predicted molar refractivity (Wildman–Crippen MR) is 85.0 cm³/mol. The summed E-state index contributed by atoms with van der Waals surface area (Å²) in [5, 5.41) is 9.01. The van der Waals surface area contributed by atoms with E-state index in [4.69, 9.17) is 5.11 Å². The zero-order chi connectivity index (χ0) is 17.2. The van der Waals surface area contributed by atoms with Crippen LogP contribution in [-0.2, 0) is 14.3 Å². The van der Waals surface area contributed by atoms with Crippen molar-refractivity contribution in [1.29, 1.82) is 0 Å². The Bertz CT molecular complexity index is 538. The molecule has 6 heteroatoms. The van der Waals surface area contributed by atoms with E-state index >= 15 is 0 Å². The molecule has 0 radical (unpaired) electrons. The summed E-state index contributed by atoms with van der Waals surface area (Å²) in [7, 11) is 1.28. The van der Waals surface area contributed by atoms with Crippen molar-refractivity contribution in [3.8, 4) is 0 Å². The number of ketones is 1. The molecule has 6 nitrogen and oxygen atoms in total. The molecule has 0 aromatic heterocycles. The number of carbonyl (C=O) groups excluding carboxylic acids is 3. The normalized spacial score (nSPS) is 10.2. The summed E-state index contributed by atoms with van der Waals surface area (Å²) in [4.78, 5) is 36.7. The van der Waals surface area contributed by atoms with Gasteiger partial charge in [0.15, 0.2) is 5.78 Å². The lowest BCUT2D eigenvalue weighted by Gasteiger charge is -2.21. The van der Waals surface area contributed by atoms with Gasteiger partial charge in [-0.05, 0) is 6.92 Å². The number of rotatable bonds is 9. The van der Waals surface area contributed by atoms with E-state index in [-0.39, 0.29) is 50.6 Å². The molecular formula is C17H23NO5. The van der Waals surface area contributed by atoms with Gasteiger partial charge >= 0.3 is 5.97 Å². The number of methoxy groups -OCH3 is 1. The largest absolute Gasteiger partial charge is 0.469 e. The number of hydrogen-bond donors (Lipinski definition) is 1. The van der Waals surface area contributed by atoms with Crippen molar-refractivity contribution in [2.24, 2.45) is 0 Å². The molecule has 0 fully saturated rings. The summed E-state index contributed by atoms with van der Waals surface area (Å²) in [5.41, 5.74) is 1.64. The second-order valence-corrected chi connectivity index (χ2v) is 5.22. The number of Topliss-reactive ketones (excluding diaryl/α,β-unsaturated/α-hetero) is 1. The first kappa shape index (κ1) is 18.8. The summed E-state index contributed by atoms with van der Waals surface area (Å²) in [6.07, 6.45) is 0.212. The maximum atomic E-state index is 12.1. The highest BCUT2D eigenvalue weighted by Gasteiger charge is 2.16. The molecule has 23 heavy (non-hydrogen) atoms. The van der Waals surface area contributed by atoms with Crippen LogP contribution in [0.2, 0.25) is 0 Å². The van der Waals surface area contributed by atoms with Gasteiger partial charge in [-0.15, -0.1) is 0 Å². The quantitative estimate of drug-likeness (QED) is 0.548. The Labute approximate surface area is 136 Å². The van der Waals surface area contributed by atoms with E-state index in [0.717, 1.165) is 5.56 Å². The van der Waals surface area contributed by atoms with Crippen molar-refractivity contribution >= 4 is 17.7 Å². The number of esters is 1. The van der Waals surface area contributed by atoms with Crippen LogP contribution in [0.25, 0.3) is 0 Å². The molecule has 1 rings (SSSR count). The predicted octanol–water partition coefficient (Wildman–Crippen LogP) is 1.34. The van der Waals surface area contributed by atoms with Crippen LogP contribution in [0.15, 0.2) is 24.3 Å². The average Bonchev–Trinajstić information content (AvgIpc) is 2.56. The molecule has 0 aliphatic carbocycles. The second-order valence-electron chi connectivity index (χ2n) is 5.22. The third-order valence-electron chi connectivity index (χ3n) is 3.48. The number of benzene rings is 1. The van der Waals surface area contributed by atoms with Gasteiger partial charge < -0.3 is 14.7 Å². The van der Waals surface area contributed by atoms with Gasteiger partial charge in [-0.1, -0.05) is 29.8 Å². The average molecular weight is 321 g/mol. The highest BCUT2D eigenvalue weighted by atomic mass is 16.5. The number of aliphatic hydroxyl groups is 1. The Morgan fingerprint density at radius 1 is 1.04 bits per heavy atom. The fourth-order valence-corrected chi connectivity index (χ4v) is 2.07. The molecule has 0 unspecified atom stereocenters. The van der Waals surface area contributed by atoms with Crippen molar-refractivity contribution in [1.82, 2.24) is 4.90 Å². The van der Waals surface area contributed by atoms with E-state index in [0.29, 0.717) is 5.56 Å². The Hall–Kier alpha value is -2.21. The van der Waals surface area contributed by atoms with Gasteiger partial charge in [0.2, 0.25) is 5.91 Å². The SMILES string of the molecule is COC(=O)CCN(CCO)C(=O)CCC(=O)c1ccc(C)cc1. The van der Waals surface area contributed by atoms with Gasteiger partial charge in [-0.3, -0.25) is 14.4 Å². The van der Waals surface area contributed by atoms with E-state index in [1.165, 1.54) is 12.0 Å². The van der Waals surface area contributed by atoms with E-state index in [9.17, 15) is 14.4 Å². The molecule has 1 N–H and O–H groups in total.